The zero-order valence-electron chi connectivity index (χ0n) is 11.7. The molecule has 0 aromatic heterocycles. The van der Waals surface area contributed by atoms with Crippen molar-refractivity contribution in [3.63, 3.8) is 0 Å². The molecule has 2 amide bonds. The molecule has 1 aromatic rings. The number of nitrogens with one attached hydrogen (secondary N) is 1. The molecule has 2 aliphatic heterocycles. The summed E-state index contributed by atoms with van der Waals surface area (Å²) in [6.45, 7) is 4.44. The molecular weight excluding hydrogens is 252 g/mol. The van der Waals surface area contributed by atoms with Crippen molar-refractivity contribution >= 4 is 11.9 Å². The molecule has 0 bridgehead atoms. The van der Waals surface area contributed by atoms with E-state index in [1.54, 1.807) is 0 Å². The predicted octanol–water partition coefficient (Wildman–Crippen LogP) is 1.35. The molecule has 1 aromatic carbocycles. The lowest BCUT2D eigenvalue weighted by molar-refractivity contribution is 0.141. The Hall–Kier alpha value is -1.88. The van der Waals surface area contributed by atoms with Crippen molar-refractivity contribution in [2.45, 2.75) is 25.4 Å². The van der Waals surface area contributed by atoms with E-state index >= 15 is 0 Å². The van der Waals surface area contributed by atoms with Crippen LogP contribution in [0.4, 0.5) is 4.79 Å². The standard InChI is InChI=1S/C15H20N4O/c1-15(12-7-8-17-9-12)13(16)18-14(20)19(15)10-11-5-3-2-4-6-11/h2-6,12,17H,7-10H2,1H3,(H2,16,18,20). The van der Waals surface area contributed by atoms with Gasteiger partial charge in [-0.15, -0.1) is 0 Å². The number of urea groups is 1. The molecule has 106 valence electrons. The summed E-state index contributed by atoms with van der Waals surface area (Å²) in [6, 6.07) is 9.76. The third-order valence-electron chi connectivity index (χ3n) is 4.57. The van der Waals surface area contributed by atoms with Crippen LogP contribution in [0.5, 0.6) is 0 Å². The van der Waals surface area contributed by atoms with E-state index in [4.69, 9.17) is 5.73 Å². The van der Waals surface area contributed by atoms with Crippen LogP contribution in [0.15, 0.2) is 35.3 Å². The van der Waals surface area contributed by atoms with E-state index in [1.165, 1.54) is 0 Å². The molecule has 0 spiro atoms. The molecule has 5 nitrogen and oxygen atoms in total. The lowest BCUT2D eigenvalue weighted by Crippen LogP contribution is -2.57. The van der Waals surface area contributed by atoms with Gasteiger partial charge in [-0.2, -0.15) is 4.99 Å². The van der Waals surface area contributed by atoms with Crippen LogP contribution in [-0.2, 0) is 6.54 Å². The highest BCUT2D eigenvalue weighted by Crippen LogP contribution is 2.35. The van der Waals surface area contributed by atoms with Gasteiger partial charge in [0.1, 0.15) is 11.4 Å². The SMILES string of the molecule is CC1(C2CCNC2)C(N)=NC(=O)N1Cc1ccccc1. The lowest BCUT2D eigenvalue weighted by Gasteiger charge is -2.39. The maximum Gasteiger partial charge on any atom is 0.346 e. The van der Waals surface area contributed by atoms with E-state index in [0.717, 1.165) is 25.1 Å². The molecule has 2 heterocycles. The number of aliphatic imine (C=N–C) groups is 1. The number of hydrogen-bond donors (Lipinski definition) is 2. The normalized spacial score (nSPS) is 29.9. The number of carbonyl (C=O) groups is 1. The Morgan fingerprint density at radius 2 is 2.20 bits per heavy atom. The maximum atomic E-state index is 12.2. The molecule has 2 unspecified atom stereocenters. The Balaban J connectivity index is 1.89. The fourth-order valence-electron chi connectivity index (χ4n) is 3.18. The highest BCUT2D eigenvalue weighted by Gasteiger charge is 2.50. The topological polar surface area (TPSA) is 70.7 Å². The van der Waals surface area contributed by atoms with Crippen molar-refractivity contribution in [2.75, 3.05) is 13.1 Å². The van der Waals surface area contributed by atoms with Crippen LogP contribution >= 0.6 is 0 Å². The zero-order chi connectivity index (χ0) is 14.2. The van der Waals surface area contributed by atoms with Crippen LogP contribution in [0.1, 0.15) is 18.9 Å². The van der Waals surface area contributed by atoms with E-state index < -0.39 is 5.54 Å². The summed E-state index contributed by atoms with van der Waals surface area (Å²) in [4.78, 5) is 18.0. The molecule has 2 atom stereocenters. The van der Waals surface area contributed by atoms with Gasteiger partial charge >= 0.3 is 6.03 Å². The molecule has 3 N–H and O–H groups in total. The quantitative estimate of drug-likeness (QED) is 0.872. The molecule has 0 saturated carbocycles. The van der Waals surface area contributed by atoms with Gasteiger partial charge in [-0.1, -0.05) is 30.3 Å². The van der Waals surface area contributed by atoms with Gasteiger partial charge in [-0.3, -0.25) is 0 Å². The second-order valence-corrected chi connectivity index (χ2v) is 5.69. The van der Waals surface area contributed by atoms with Gasteiger partial charge in [-0.05, 0) is 25.5 Å². The van der Waals surface area contributed by atoms with Crippen molar-refractivity contribution < 1.29 is 4.79 Å². The van der Waals surface area contributed by atoms with Crippen LogP contribution in [0.2, 0.25) is 0 Å². The number of amides is 2. The Morgan fingerprint density at radius 1 is 1.45 bits per heavy atom. The van der Waals surface area contributed by atoms with Gasteiger partial charge in [0, 0.05) is 19.0 Å². The number of benzene rings is 1. The predicted molar refractivity (Wildman–Crippen MR) is 78.4 cm³/mol. The number of carbonyl (C=O) groups excluding carboxylic acids is 1. The molecule has 3 rings (SSSR count). The summed E-state index contributed by atoms with van der Waals surface area (Å²) in [5.41, 5.74) is 6.71. The largest absolute Gasteiger partial charge is 0.385 e. The Labute approximate surface area is 118 Å². The second-order valence-electron chi connectivity index (χ2n) is 5.69. The summed E-state index contributed by atoms with van der Waals surface area (Å²) in [5.74, 6) is 0.772. The van der Waals surface area contributed by atoms with Gasteiger partial charge in [0.05, 0.1) is 0 Å². The number of rotatable bonds is 3. The number of hydrogen-bond acceptors (Lipinski definition) is 3. The molecule has 5 heteroatoms. The van der Waals surface area contributed by atoms with Gasteiger partial charge in [0.25, 0.3) is 0 Å². The average molecular weight is 272 g/mol. The summed E-state index contributed by atoms with van der Waals surface area (Å²) < 4.78 is 0. The molecular formula is C15H20N4O. The first-order valence-corrected chi connectivity index (χ1v) is 7.03. The fourth-order valence-corrected chi connectivity index (χ4v) is 3.18. The minimum atomic E-state index is -0.476. The monoisotopic (exact) mass is 272 g/mol. The van der Waals surface area contributed by atoms with Crippen LogP contribution in [0.3, 0.4) is 0 Å². The van der Waals surface area contributed by atoms with Crippen LogP contribution in [0, 0.1) is 5.92 Å². The molecule has 0 aliphatic carbocycles. The van der Waals surface area contributed by atoms with E-state index in [2.05, 4.69) is 10.3 Å². The summed E-state index contributed by atoms with van der Waals surface area (Å²) in [7, 11) is 0. The third kappa shape index (κ3) is 1.98. The van der Waals surface area contributed by atoms with E-state index in [9.17, 15) is 4.79 Å². The molecule has 1 saturated heterocycles. The lowest BCUT2D eigenvalue weighted by atomic mass is 9.82. The fraction of sp³-hybridized carbons (Fsp3) is 0.467. The Bertz CT molecular complexity index is 536. The summed E-state index contributed by atoms with van der Waals surface area (Å²) in [5, 5.41) is 3.35. The van der Waals surface area contributed by atoms with Crippen molar-refractivity contribution in [2.24, 2.45) is 16.6 Å². The van der Waals surface area contributed by atoms with Crippen molar-refractivity contribution in [1.29, 1.82) is 0 Å². The van der Waals surface area contributed by atoms with Crippen molar-refractivity contribution in [3.8, 4) is 0 Å². The Kier molecular flexibility index (Phi) is 3.22. The molecule has 2 aliphatic rings. The molecule has 20 heavy (non-hydrogen) atoms. The Morgan fingerprint density at radius 3 is 2.85 bits per heavy atom. The first-order chi connectivity index (χ1) is 9.62. The first kappa shape index (κ1) is 13.1. The highest BCUT2D eigenvalue weighted by atomic mass is 16.2. The number of nitrogens with two attached hydrogens (primary N) is 1. The minimum absolute atomic E-state index is 0.222. The van der Waals surface area contributed by atoms with Gasteiger partial charge in [0.15, 0.2) is 0 Å². The van der Waals surface area contributed by atoms with Crippen molar-refractivity contribution in [1.82, 2.24) is 10.2 Å². The number of nitrogens with zero attached hydrogens (tertiary/aromatic N) is 2. The van der Waals surface area contributed by atoms with E-state index in [1.807, 2.05) is 42.2 Å². The van der Waals surface area contributed by atoms with Crippen molar-refractivity contribution in [3.05, 3.63) is 35.9 Å². The molecule has 1 fully saturated rings. The molecule has 0 radical (unpaired) electrons. The van der Waals surface area contributed by atoms with Crippen LogP contribution in [-0.4, -0.2) is 35.4 Å². The van der Waals surface area contributed by atoms with Crippen LogP contribution < -0.4 is 11.1 Å². The smallest absolute Gasteiger partial charge is 0.346 e. The van der Waals surface area contributed by atoms with Gasteiger partial charge in [-0.25, -0.2) is 4.79 Å². The third-order valence-corrected chi connectivity index (χ3v) is 4.57. The highest BCUT2D eigenvalue weighted by molar-refractivity contribution is 6.05. The zero-order valence-corrected chi connectivity index (χ0v) is 11.7. The van der Waals surface area contributed by atoms with Crippen LogP contribution in [0.25, 0.3) is 0 Å². The first-order valence-electron chi connectivity index (χ1n) is 7.03. The summed E-state index contributed by atoms with van der Waals surface area (Å²) >= 11 is 0. The van der Waals surface area contributed by atoms with E-state index in [0.29, 0.717) is 18.3 Å². The van der Waals surface area contributed by atoms with E-state index in [-0.39, 0.29) is 6.03 Å². The average Bonchev–Trinajstić information content (AvgIpc) is 3.05. The van der Waals surface area contributed by atoms with Gasteiger partial charge in [0.2, 0.25) is 0 Å². The maximum absolute atomic E-state index is 12.2. The number of amidine groups is 1. The second kappa shape index (κ2) is 4.90. The summed E-state index contributed by atoms with van der Waals surface area (Å²) in [6.07, 6.45) is 1.02. The minimum Gasteiger partial charge on any atom is -0.385 e. The van der Waals surface area contributed by atoms with Gasteiger partial charge < -0.3 is 16.0 Å².